The van der Waals surface area contributed by atoms with E-state index in [0.29, 0.717) is 6.54 Å². The monoisotopic (exact) mass is 265 g/mol. The molecule has 0 aliphatic heterocycles. The summed E-state index contributed by atoms with van der Waals surface area (Å²) in [5, 5.41) is 4.17. The SMILES string of the molecule is CSc1cccc(Sc2cnn(C)c2)c1CN. The summed E-state index contributed by atoms with van der Waals surface area (Å²) in [5.41, 5.74) is 7.05. The second-order valence-electron chi connectivity index (χ2n) is 3.59. The molecular formula is C12H15N3S2. The van der Waals surface area contributed by atoms with E-state index in [-0.39, 0.29) is 0 Å². The smallest absolute Gasteiger partial charge is 0.0629 e. The van der Waals surface area contributed by atoms with Gasteiger partial charge in [0.05, 0.1) is 11.1 Å². The molecule has 0 amide bonds. The Kier molecular flexibility index (Phi) is 4.15. The molecular weight excluding hydrogens is 250 g/mol. The summed E-state index contributed by atoms with van der Waals surface area (Å²) in [6.07, 6.45) is 5.96. The van der Waals surface area contributed by atoms with Gasteiger partial charge in [-0.1, -0.05) is 17.8 Å². The van der Waals surface area contributed by atoms with Crippen molar-refractivity contribution in [2.75, 3.05) is 6.26 Å². The van der Waals surface area contributed by atoms with Crippen LogP contribution in [0.25, 0.3) is 0 Å². The van der Waals surface area contributed by atoms with Gasteiger partial charge in [0, 0.05) is 29.6 Å². The van der Waals surface area contributed by atoms with Crippen LogP contribution in [-0.4, -0.2) is 16.0 Å². The second kappa shape index (κ2) is 5.62. The van der Waals surface area contributed by atoms with Crippen molar-refractivity contribution in [1.82, 2.24) is 9.78 Å². The summed E-state index contributed by atoms with van der Waals surface area (Å²) in [7, 11) is 1.92. The van der Waals surface area contributed by atoms with Gasteiger partial charge in [-0.3, -0.25) is 4.68 Å². The third-order valence-electron chi connectivity index (χ3n) is 2.42. The van der Waals surface area contributed by atoms with Gasteiger partial charge in [0.2, 0.25) is 0 Å². The first-order chi connectivity index (χ1) is 8.24. The highest BCUT2D eigenvalue weighted by atomic mass is 32.2. The van der Waals surface area contributed by atoms with E-state index in [2.05, 4.69) is 29.6 Å². The van der Waals surface area contributed by atoms with Crippen LogP contribution < -0.4 is 5.73 Å². The molecule has 0 bridgehead atoms. The topological polar surface area (TPSA) is 43.8 Å². The average molecular weight is 265 g/mol. The number of nitrogens with zero attached hydrogens (tertiary/aromatic N) is 2. The molecule has 0 spiro atoms. The fourth-order valence-electron chi connectivity index (χ4n) is 1.61. The number of nitrogens with two attached hydrogens (primary N) is 1. The molecule has 0 saturated heterocycles. The number of hydrogen-bond acceptors (Lipinski definition) is 4. The minimum atomic E-state index is 0.569. The van der Waals surface area contributed by atoms with Gasteiger partial charge in [-0.25, -0.2) is 0 Å². The normalized spacial score (nSPS) is 10.8. The number of rotatable bonds is 4. The molecule has 0 aliphatic rings. The van der Waals surface area contributed by atoms with Crippen LogP contribution in [-0.2, 0) is 13.6 Å². The summed E-state index contributed by atoms with van der Waals surface area (Å²) in [4.78, 5) is 3.61. The van der Waals surface area contributed by atoms with Crippen LogP contribution in [0.4, 0.5) is 0 Å². The summed E-state index contributed by atoms with van der Waals surface area (Å²) >= 11 is 3.45. The maximum Gasteiger partial charge on any atom is 0.0629 e. The van der Waals surface area contributed by atoms with Gasteiger partial charge in [-0.15, -0.1) is 11.8 Å². The minimum Gasteiger partial charge on any atom is -0.326 e. The number of hydrogen-bond donors (Lipinski definition) is 1. The molecule has 0 unspecified atom stereocenters. The zero-order valence-corrected chi connectivity index (χ0v) is 11.5. The van der Waals surface area contributed by atoms with E-state index in [9.17, 15) is 0 Å². The van der Waals surface area contributed by atoms with Crippen LogP contribution in [0.5, 0.6) is 0 Å². The van der Waals surface area contributed by atoms with Crippen molar-refractivity contribution < 1.29 is 0 Å². The second-order valence-corrected chi connectivity index (χ2v) is 5.56. The standard InChI is InChI=1S/C12H15N3S2/c1-15-8-9(7-14-15)17-12-5-3-4-11(16-2)10(12)6-13/h3-5,7-8H,6,13H2,1-2H3. The number of aryl methyl sites for hydroxylation is 1. The lowest BCUT2D eigenvalue weighted by Crippen LogP contribution is -2.00. The first-order valence-electron chi connectivity index (χ1n) is 5.27. The van der Waals surface area contributed by atoms with E-state index in [0.717, 1.165) is 4.90 Å². The van der Waals surface area contributed by atoms with E-state index in [1.807, 2.05) is 24.1 Å². The third-order valence-corrected chi connectivity index (χ3v) is 4.29. The van der Waals surface area contributed by atoms with Crippen LogP contribution in [0.15, 0.2) is 45.3 Å². The molecule has 5 heteroatoms. The largest absolute Gasteiger partial charge is 0.326 e. The van der Waals surface area contributed by atoms with Gasteiger partial charge < -0.3 is 5.73 Å². The first-order valence-corrected chi connectivity index (χ1v) is 7.31. The van der Waals surface area contributed by atoms with Crippen molar-refractivity contribution in [3.05, 3.63) is 36.2 Å². The molecule has 90 valence electrons. The lowest BCUT2D eigenvalue weighted by atomic mass is 10.2. The molecule has 0 fully saturated rings. The maximum absolute atomic E-state index is 5.84. The van der Waals surface area contributed by atoms with Crippen LogP contribution in [0.1, 0.15) is 5.56 Å². The molecule has 1 aromatic heterocycles. The van der Waals surface area contributed by atoms with E-state index in [1.54, 1.807) is 23.5 Å². The predicted octanol–water partition coefficient (Wildman–Crippen LogP) is 2.75. The molecule has 2 N–H and O–H groups in total. The van der Waals surface area contributed by atoms with Crippen LogP contribution in [0, 0.1) is 0 Å². The van der Waals surface area contributed by atoms with Crippen molar-refractivity contribution in [3.8, 4) is 0 Å². The minimum absolute atomic E-state index is 0.569. The van der Waals surface area contributed by atoms with Gasteiger partial charge in [-0.05, 0) is 24.0 Å². The molecule has 0 radical (unpaired) electrons. The van der Waals surface area contributed by atoms with Gasteiger partial charge in [0.1, 0.15) is 0 Å². The first kappa shape index (κ1) is 12.5. The predicted molar refractivity (Wildman–Crippen MR) is 73.4 cm³/mol. The Labute approximate surface area is 110 Å². The Morgan fingerprint density at radius 1 is 1.35 bits per heavy atom. The molecule has 3 nitrogen and oxygen atoms in total. The molecule has 0 saturated carbocycles. The van der Waals surface area contributed by atoms with E-state index >= 15 is 0 Å². The fraction of sp³-hybridized carbons (Fsp3) is 0.250. The van der Waals surface area contributed by atoms with Crippen LogP contribution >= 0.6 is 23.5 Å². The van der Waals surface area contributed by atoms with Gasteiger partial charge in [0.15, 0.2) is 0 Å². The summed E-state index contributed by atoms with van der Waals surface area (Å²) < 4.78 is 1.81. The average Bonchev–Trinajstić information content (AvgIpc) is 2.74. The summed E-state index contributed by atoms with van der Waals surface area (Å²) in [6.45, 7) is 0.569. The Morgan fingerprint density at radius 3 is 2.71 bits per heavy atom. The number of aromatic nitrogens is 2. The quantitative estimate of drug-likeness (QED) is 0.863. The highest BCUT2D eigenvalue weighted by molar-refractivity contribution is 8.00. The van der Waals surface area contributed by atoms with Gasteiger partial charge >= 0.3 is 0 Å². The summed E-state index contributed by atoms with van der Waals surface area (Å²) in [5.74, 6) is 0. The highest BCUT2D eigenvalue weighted by Gasteiger charge is 2.08. The van der Waals surface area contributed by atoms with Gasteiger partial charge in [0.25, 0.3) is 0 Å². The molecule has 2 rings (SSSR count). The molecule has 0 aliphatic carbocycles. The number of thioether (sulfide) groups is 1. The van der Waals surface area contributed by atoms with Crippen molar-refractivity contribution >= 4 is 23.5 Å². The van der Waals surface area contributed by atoms with E-state index in [1.165, 1.54) is 15.4 Å². The maximum atomic E-state index is 5.84. The molecule has 0 atom stereocenters. The van der Waals surface area contributed by atoms with Gasteiger partial charge in [-0.2, -0.15) is 5.10 Å². The zero-order chi connectivity index (χ0) is 12.3. The van der Waals surface area contributed by atoms with Crippen molar-refractivity contribution in [2.45, 2.75) is 21.2 Å². The molecule has 17 heavy (non-hydrogen) atoms. The Bertz CT molecular complexity index is 508. The lowest BCUT2D eigenvalue weighted by molar-refractivity contribution is 0.766. The summed E-state index contributed by atoms with van der Waals surface area (Å²) in [6, 6.07) is 6.30. The van der Waals surface area contributed by atoms with E-state index < -0.39 is 0 Å². The number of benzene rings is 1. The lowest BCUT2D eigenvalue weighted by Gasteiger charge is -2.10. The van der Waals surface area contributed by atoms with E-state index in [4.69, 9.17) is 5.73 Å². The zero-order valence-electron chi connectivity index (χ0n) is 9.88. The Morgan fingerprint density at radius 2 is 2.12 bits per heavy atom. The highest BCUT2D eigenvalue weighted by Crippen LogP contribution is 2.34. The molecule has 1 aromatic carbocycles. The Balaban J connectivity index is 2.32. The fourth-order valence-corrected chi connectivity index (χ4v) is 3.35. The van der Waals surface area contributed by atoms with Crippen molar-refractivity contribution in [1.29, 1.82) is 0 Å². The van der Waals surface area contributed by atoms with Crippen LogP contribution in [0.2, 0.25) is 0 Å². The molecule has 2 aromatic rings. The third kappa shape index (κ3) is 2.86. The van der Waals surface area contributed by atoms with Crippen molar-refractivity contribution in [3.63, 3.8) is 0 Å². The van der Waals surface area contributed by atoms with Crippen LogP contribution in [0.3, 0.4) is 0 Å². The van der Waals surface area contributed by atoms with Crippen molar-refractivity contribution in [2.24, 2.45) is 12.8 Å². The Hall–Kier alpha value is -0.910. The molecule has 1 heterocycles.